The highest BCUT2D eigenvalue weighted by Crippen LogP contribution is 2.39. The van der Waals surface area contributed by atoms with Crippen LogP contribution in [0, 0.1) is 0 Å². The van der Waals surface area contributed by atoms with Crippen molar-refractivity contribution in [1.82, 2.24) is 4.98 Å². The molecule has 0 aliphatic heterocycles. The van der Waals surface area contributed by atoms with Crippen LogP contribution in [0.3, 0.4) is 0 Å². The summed E-state index contributed by atoms with van der Waals surface area (Å²) in [6.45, 7) is 2.08. The molecule has 1 heterocycles. The van der Waals surface area contributed by atoms with E-state index in [1.165, 1.54) is 6.07 Å². The van der Waals surface area contributed by atoms with Crippen molar-refractivity contribution in [2.75, 3.05) is 6.61 Å². The van der Waals surface area contributed by atoms with Gasteiger partial charge >= 0.3 is 6.18 Å². The van der Waals surface area contributed by atoms with Crippen molar-refractivity contribution in [3.05, 3.63) is 29.6 Å². The van der Waals surface area contributed by atoms with E-state index in [1.807, 2.05) is 0 Å². The largest absolute Gasteiger partial charge is 0.417 e. The maximum Gasteiger partial charge on any atom is 0.417 e. The minimum atomic E-state index is -4.27. The number of pyridine rings is 1. The molecule has 1 saturated carbocycles. The molecule has 1 aromatic rings. The summed E-state index contributed by atoms with van der Waals surface area (Å²) in [5.41, 5.74) is 0.116. The number of alkyl halides is 3. The lowest BCUT2D eigenvalue weighted by Crippen LogP contribution is -2.05. The van der Waals surface area contributed by atoms with Gasteiger partial charge < -0.3 is 0 Å². The molecule has 0 radical (unpaired) electrons. The van der Waals surface area contributed by atoms with E-state index in [0.29, 0.717) is 12.5 Å². The molecule has 1 N–H and O–H groups in total. The molecule has 0 atom stereocenters. The van der Waals surface area contributed by atoms with E-state index in [0.717, 1.165) is 30.8 Å². The molecule has 96 valence electrons. The molecule has 1 aromatic heterocycles. The summed E-state index contributed by atoms with van der Waals surface area (Å²) in [5, 5.41) is 7.38. The molecule has 6 heteroatoms. The molecular weight excluding hydrogens is 235 g/mol. The van der Waals surface area contributed by atoms with Crippen molar-refractivity contribution < 1.29 is 23.3 Å². The molecule has 0 saturated heterocycles. The van der Waals surface area contributed by atoms with E-state index in [-0.39, 0.29) is 0 Å². The summed E-state index contributed by atoms with van der Waals surface area (Å²) in [7, 11) is 0. The number of rotatable bonds is 2. The molecule has 2 rings (SSSR count). The standard InChI is InChI=1S/C9H8F3N.C2H6O2/c10-9(11,12)7-3-4-8(13-5-7)6-1-2-6;1-2-4-3/h3-6H,1-2H2;3H,2H2,1H3. The first kappa shape index (κ1) is 13.9. The lowest BCUT2D eigenvalue weighted by atomic mass is 10.2. The van der Waals surface area contributed by atoms with Crippen molar-refractivity contribution in [3.8, 4) is 0 Å². The van der Waals surface area contributed by atoms with Crippen molar-refractivity contribution >= 4 is 0 Å². The van der Waals surface area contributed by atoms with Crippen molar-refractivity contribution in [2.24, 2.45) is 0 Å². The zero-order chi connectivity index (χ0) is 12.9. The maximum absolute atomic E-state index is 12.1. The average Bonchev–Trinajstić information content (AvgIpc) is 3.12. The summed E-state index contributed by atoms with van der Waals surface area (Å²) in [6, 6.07) is 2.57. The summed E-state index contributed by atoms with van der Waals surface area (Å²) >= 11 is 0. The Morgan fingerprint density at radius 1 is 1.41 bits per heavy atom. The second-order valence-corrected chi connectivity index (χ2v) is 3.66. The number of halogens is 3. The zero-order valence-corrected chi connectivity index (χ0v) is 9.37. The summed E-state index contributed by atoms with van der Waals surface area (Å²) < 4.78 is 36.3. The molecule has 1 aliphatic carbocycles. The van der Waals surface area contributed by atoms with E-state index in [2.05, 4.69) is 9.87 Å². The first-order chi connectivity index (χ1) is 7.99. The minimum absolute atomic E-state index is 0.375. The minimum Gasteiger partial charge on any atom is -0.260 e. The van der Waals surface area contributed by atoms with Gasteiger partial charge in [-0.15, -0.1) is 0 Å². The Bertz CT molecular complexity index is 332. The van der Waals surface area contributed by atoms with Gasteiger partial charge in [-0.3, -0.25) is 10.2 Å². The highest BCUT2D eigenvalue weighted by molar-refractivity contribution is 5.21. The van der Waals surface area contributed by atoms with Gasteiger partial charge in [0, 0.05) is 17.8 Å². The van der Waals surface area contributed by atoms with Gasteiger partial charge in [0.25, 0.3) is 0 Å². The van der Waals surface area contributed by atoms with E-state index in [4.69, 9.17) is 5.26 Å². The van der Waals surface area contributed by atoms with Crippen LogP contribution in [-0.4, -0.2) is 16.8 Å². The Balaban J connectivity index is 0.000000317. The molecule has 0 amide bonds. The lowest BCUT2D eigenvalue weighted by Gasteiger charge is -2.05. The molecule has 3 nitrogen and oxygen atoms in total. The van der Waals surface area contributed by atoms with Gasteiger partial charge in [0.15, 0.2) is 0 Å². The normalized spacial score (nSPS) is 15.1. The SMILES string of the molecule is CCOO.FC(F)(F)c1ccc(C2CC2)nc1. The van der Waals surface area contributed by atoms with E-state index >= 15 is 0 Å². The topological polar surface area (TPSA) is 42.4 Å². The van der Waals surface area contributed by atoms with Gasteiger partial charge in [-0.05, 0) is 31.9 Å². The lowest BCUT2D eigenvalue weighted by molar-refractivity contribution is -0.237. The molecule has 0 spiro atoms. The number of hydrogen-bond donors (Lipinski definition) is 1. The fourth-order valence-corrected chi connectivity index (χ4v) is 1.19. The van der Waals surface area contributed by atoms with Crippen LogP contribution in [0.1, 0.15) is 36.9 Å². The Hall–Kier alpha value is -1.14. The fraction of sp³-hybridized carbons (Fsp3) is 0.545. The summed E-state index contributed by atoms with van der Waals surface area (Å²) in [5.74, 6) is 0.405. The van der Waals surface area contributed by atoms with Gasteiger partial charge in [-0.25, -0.2) is 4.89 Å². The van der Waals surface area contributed by atoms with E-state index in [1.54, 1.807) is 6.92 Å². The third-order valence-corrected chi connectivity index (χ3v) is 2.24. The monoisotopic (exact) mass is 249 g/mol. The van der Waals surface area contributed by atoms with Gasteiger partial charge in [-0.1, -0.05) is 0 Å². The van der Waals surface area contributed by atoms with E-state index in [9.17, 15) is 13.2 Å². The average molecular weight is 249 g/mol. The van der Waals surface area contributed by atoms with Crippen LogP contribution in [0.2, 0.25) is 0 Å². The highest BCUT2D eigenvalue weighted by Gasteiger charge is 2.32. The molecular formula is C11H14F3NO2. The predicted octanol–water partition coefficient (Wildman–Crippen LogP) is 3.47. The molecule has 0 bridgehead atoms. The number of aromatic nitrogens is 1. The third-order valence-electron chi connectivity index (χ3n) is 2.24. The molecule has 17 heavy (non-hydrogen) atoms. The van der Waals surface area contributed by atoms with Gasteiger partial charge in [-0.2, -0.15) is 13.2 Å². The molecule has 1 aliphatic rings. The Morgan fingerprint density at radius 3 is 2.29 bits per heavy atom. The maximum atomic E-state index is 12.1. The Labute approximate surface area is 97.2 Å². The highest BCUT2D eigenvalue weighted by atomic mass is 19.4. The van der Waals surface area contributed by atoms with Crippen molar-refractivity contribution in [3.63, 3.8) is 0 Å². The smallest absolute Gasteiger partial charge is 0.260 e. The zero-order valence-electron chi connectivity index (χ0n) is 9.37. The summed E-state index contributed by atoms with van der Waals surface area (Å²) in [4.78, 5) is 7.33. The van der Waals surface area contributed by atoms with Gasteiger partial charge in [0.05, 0.1) is 12.2 Å². The second-order valence-electron chi connectivity index (χ2n) is 3.66. The number of nitrogens with zero attached hydrogens (tertiary/aromatic N) is 1. The van der Waals surface area contributed by atoms with Crippen LogP contribution in [0.4, 0.5) is 13.2 Å². The first-order valence-corrected chi connectivity index (χ1v) is 5.28. The quantitative estimate of drug-likeness (QED) is 0.644. The van der Waals surface area contributed by atoms with Crippen LogP contribution < -0.4 is 0 Å². The fourth-order valence-electron chi connectivity index (χ4n) is 1.19. The van der Waals surface area contributed by atoms with E-state index < -0.39 is 11.7 Å². The Morgan fingerprint density at radius 2 is 2.00 bits per heavy atom. The first-order valence-electron chi connectivity index (χ1n) is 5.28. The third kappa shape index (κ3) is 4.70. The Kier molecular flexibility index (Phi) is 4.89. The molecule has 0 unspecified atom stereocenters. The van der Waals surface area contributed by atoms with Crippen molar-refractivity contribution in [2.45, 2.75) is 31.9 Å². The van der Waals surface area contributed by atoms with Crippen LogP contribution >= 0.6 is 0 Å². The number of hydrogen-bond acceptors (Lipinski definition) is 3. The van der Waals surface area contributed by atoms with Crippen LogP contribution in [0.15, 0.2) is 18.3 Å². The van der Waals surface area contributed by atoms with Gasteiger partial charge in [0.2, 0.25) is 0 Å². The van der Waals surface area contributed by atoms with Gasteiger partial charge in [0.1, 0.15) is 0 Å². The predicted molar refractivity (Wildman–Crippen MR) is 55.5 cm³/mol. The van der Waals surface area contributed by atoms with Crippen molar-refractivity contribution in [1.29, 1.82) is 0 Å². The molecule has 0 aromatic carbocycles. The van der Waals surface area contributed by atoms with Crippen LogP contribution in [0.25, 0.3) is 0 Å². The molecule has 1 fully saturated rings. The summed E-state index contributed by atoms with van der Waals surface area (Å²) in [6.07, 6.45) is -1.25. The van der Waals surface area contributed by atoms with Crippen LogP contribution in [0.5, 0.6) is 0 Å². The second kappa shape index (κ2) is 5.97. The van der Waals surface area contributed by atoms with Crippen LogP contribution in [-0.2, 0) is 11.1 Å².